The van der Waals surface area contributed by atoms with E-state index in [1.165, 1.54) is 0 Å². The Kier molecular flexibility index (Phi) is 59.1. The summed E-state index contributed by atoms with van der Waals surface area (Å²) in [6.45, 7) is 0. The molecule has 0 unspecified atom stereocenters. The quantitative estimate of drug-likeness (QED) is 0.266. The molecule has 0 radical (unpaired) electrons. The van der Waals surface area contributed by atoms with Gasteiger partial charge in [0.2, 0.25) is 0 Å². The van der Waals surface area contributed by atoms with Crippen LogP contribution in [0.25, 0.3) is 0 Å². The van der Waals surface area contributed by atoms with Crippen molar-refractivity contribution in [2.24, 2.45) is 0 Å². The number of rotatable bonds is 0. The van der Waals surface area contributed by atoms with E-state index in [1.54, 1.807) is 0 Å². The fourth-order valence-electron chi connectivity index (χ4n) is 0. The Labute approximate surface area is 54.2 Å². The van der Waals surface area contributed by atoms with Crippen LogP contribution in [0.15, 0.2) is 0 Å². The first-order chi connectivity index (χ1) is 1.73. The van der Waals surface area contributed by atoms with Crippen LogP contribution in [0.5, 0.6) is 0 Å². The molecule has 0 aliphatic rings. The van der Waals surface area contributed by atoms with Crippen molar-refractivity contribution in [1.82, 2.24) is 6.15 Å². The van der Waals surface area contributed by atoms with Crippen molar-refractivity contribution in [3.63, 3.8) is 0 Å². The van der Waals surface area contributed by atoms with Gasteiger partial charge in [0.1, 0.15) is 0 Å². The lowest BCUT2D eigenvalue weighted by Gasteiger charge is -1.59. The SMILES string of the molecule is N.O.O=S(O)O.[AlH3]. The second-order valence-corrected chi connectivity index (χ2v) is 0.692. The average molecular weight is 147 g/mol. The maximum Gasteiger partial charge on any atom is 0.299 e. The third-order valence-electron chi connectivity index (χ3n) is 0. The third kappa shape index (κ3) is 489. The van der Waals surface area contributed by atoms with Crippen molar-refractivity contribution in [3.05, 3.63) is 0 Å². The average Bonchev–Trinajstić information content (AvgIpc) is 0.811. The highest BCUT2D eigenvalue weighted by Gasteiger charge is 1.62. The molecule has 0 aromatic carbocycles. The summed E-state index contributed by atoms with van der Waals surface area (Å²) < 4.78 is 22.8. The van der Waals surface area contributed by atoms with Gasteiger partial charge >= 0.3 is 0 Å². The first-order valence-electron chi connectivity index (χ1n) is 0.532. The Morgan fingerprint density at radius 3 is 1.29 bits per heavy atom. The molecule has 7 heteroatoms. The molecule has 7 N–H and O–H groups in total. The minimum Gasteiger partial charge on any atom is -0.412 e. The summed E-state index contributed by atoms with van der Waals surface area (Å²) in [6, 6.07) is 0. The Hall–Kier alpha value is 0.522. The molecule has 0 aromatic heterocycles. The molecular weight excluding hydrogens is 137 g/mol. The van der Waals surface area contributed by atoms with Crippen LogP contribution in [0.3, 0.4) is 0 Å². The maximum absolute atomic E-state index is 8.67. The summed E-state index contributed by atoms with van der Waals surface area (Å²) in [5.41, 5.74) is 0. The van der Waals surface area contributed by atoms with E-state index in [2.05, 4.69) is 0 Å². The van der Waals surface area contributed by atoms with Crippen molar-refractivity contribution in [2.45, 2.75) is 0 Å². The zero-order valence-corrected chi connectivity index (χ0v) is 3.73. The van der Waals surface area contributed by atoms with Gasteiger partial charge in [-0.25, -0.2) is 0 Å². The molecule has 0 amide bonds. The normalized spacial score (nSPS) is 5.00. The van der Waals surface area contributed by atoms with Gasteiger partial charge in [-0.15, -0.1) is 0 Å². The molecule has 0 saturated carbocycles. The lowest BCUT2D eigenvalue weighted by molar-refractivity contribution is 0.454. The standard InChI is InChI=1S/Al.H3N.H2O3S.H2O.3H/c;;1-4(2)3;;;;/h;1H3;(H2,1,2,3);1H2;;;. The molecule has 7 heavy (non-hydrogen) atoms. The highest BCUT2D eigenvalue weighted by molar-refractivity contribution is 7.73. The summed E-state index contributed by atoms with van der Waals surface area (Å²) >= 11 is -2.61. The lowest BCUT2D eigenvalue weighted by atomic mass is 14.0. The summed E-state index contributed by atoms with van der Waals surface area (Å²) in [6.07, 6.45) is 0. The van der Waals surface area contributed by atoms with E-state index in [9.17, 15) is 0 Å². The van der Waals surface area contributed by atoms with Gasteiger partial charge in [-0.1, -0.05) is 0 Å². The summed E-state index contributed by atoms with van der Waals surface area (Å²) in [7, 11) is 0. The first-order valence-corrected chi connectivity index (χ1v) is 1.60. The van der Waals surface area contributed by atoms with E-state index in [-0.39, 0.29) is 29.0 Å². The van der Waals surface area contributed by atoms with Gasteiger partial charge in [-0.2, -0.15) is 4.21 Å². The van der Waals surface area contributed by atoms with Gasteiger partial charge in [0.15, 0.2) is 17.4 Å². The third-order valence-corrected chi connectivity index (χ3v) is 0. The molecule has 0 aromatic rings. The predicted octanol–water partition coefficient (Wildman–Crippen LogP) is -2.17. The molecular formula is H10AlNO4S. The molecule has 0 aliphatic carbocycles. The number of hydrogen-bond donors (Lipinski definition) is 3. The molecule has 0 atom stereocenters. The molecule has 0 aliphatic heterocycles. The zero-order valence-electron chi connectivity index (χ0n) is 2.92. The van der Waals surface area contributed by atoms with Crippen LogP contribution in [0, 0.1) is 0 Å². The van der Waals surface area contributed by atoms with Gasteiger partial charge in [-0.3, -0.25) is 9.11 Å². The van der Waals surface area contributed by atoms with E-state index in [0.29, 0.717) is 0 Å². The topological polar surface area (TPSA) is 124 Å². The second-order valence-electron chi connectivity index (χ2n) is 0.231. The van der Waals surface area contributed by atoms with Gasteiger partial charge < -0.3 is 11.6 Å². The predicted molar refractivity (Wildman–Crippen MR) is 32.0 cm³/mol. The van der Waals surface area contributed by atoms with Crippen molar-refractivity contribution >= 4 is 28.7 Å². The van der Waals surface area contributed by atoms with E-state index >= 15 is 0 Å². The molecule has 0 bridgehead atoms. The van der Waals surface area contributed by atoms with Crippen LogP contribution in [-0.4, -0.2) is 36.2 Å². The summed E-state index contributed by atoms with van der Waals surface area (Å²) in [5, 5.41) is 0. The van der Waals surface area contributed by atoms with Gasteiger partial charge in [0, 0.05) is 0 Å². The van der Waals surface area contributed by atoms with Crippen LogP contribution < -0.4 is 6.15 Å². The number of hydrogen-bond acceptors (Lipinski definition) is 2. The highest BCUT2D eigenvalue weighted by atomic mass is 32.2. The molecule has 0 saturated heterocycles. The van der Waals surface area contributed by atoms with Gasteiger partial charge in [0.25, 0.3) is 11.4 Å². The van der Waals surface area contributed by atoms with Crippen LogP contribution in [0.1, 0.15) is 0 Å². The first kappa shape index (κ1) is 25.8. The van der Waals surface area contributed by atoms with E-state index in [1.807, 2.05) is 0 Å². The Morgan fingerprint density at radius 1 is 1.29 bits per heavy atom. The smallest absolute Gasteiger partial charge is 0.299 e. The molecule has 0 rings (SSSR count). The van der Waals surface area contributed by atoms with E-state index in [4.69, 9.17) is 13.3 Å². The minimum absolute atomic E-state index is 0. The van der Waals surface area contributed by atoms with E-state index < -0.39 is 11.4 Å². The van der Waals surface area contributed by atoms with Crippen LogP contribution in [-0.2, 0) is 11.4 Å². The second kappa shape index (κ2) is 16.0. The van der Waals surface area contributed by atoms with Crippen LogP contribution in [0.2, 0.25) is 0 Å². The Morgan fingerprint density at radius 2 is 1.29 bits per heavy atom. The van der Waals surface area contributed by atoms with Crippen molar-refractivity contribution in [2.75, 3.05) is 0 Å². The maximum atomic E-state index is 8.67. The fraction of sp³-hybridized carbons (Fsp3) is 0. The van der Waals surface area contributed by atoms with Gasteiger partial charge in [-0.05, 0) is 0 Å². The highest BCUT2D eigenvalue weighted by Crippen LogP contribution is 1.44. The Bertz CT molecular complexity index is 34.7. The summed E-state index contributed by atoms with van der Waals surface area (Å²) in [5.74, 6) is 0. The molecule has 0 spiro atoms. The van der Waals surface area contributed by atoms with E-state index in [0.717, 1.165) is 0 Å². The van der Waals surface area contributed by atoms with Crippen LogP contribution >= 0.6 is 0 Å². The van der Waals surface area contributed by atoms with Crippen molar-refractivity contribution in [1.29, 1.82) is 0 Å². The fourth-order valence-corrected chi connectivity index (χ4v) is 0. The monoisotopic (exact) mass is 147 g/mol. The van der Waals surface area contributed by atoms with Gasteiger partial charge in [0.05, 0.1) is 0 Å². The van der Waals surface area contributed by atoms with Crippen LogP contribution in [0.4, 0.5) is 0 Å². The minimum atomic E-state index is -2.61. The summed E-state index contributed by atoms with van der Waals surface area (Å²) in [4.78, 5) is 0. The van der Waals surface area contributed by atoms with Crippen molar-refractivity contribution < 1.29 is 18.8 Å². The zero-order chi connectivity index (χ0) is 3.58. The molecule has 0 fully saturated rings. The largest absolute Gasteiger partial charge is 0.412 e. The molecule has 0 heterocycles. The Balaban J connectivity index is -0.0000000150. The lowest BCUT2D eigenvalue weighted by Crippen LogP contribution is -1.74. The van der Waals surface area contributed by atoms with Crippen molar-refractivity contribution in [3.8, 4) is 0 Å². The molecule has 5 nitrogen and oxygen atoms in total. The molecule has 48 valence electrons.